The van der Waals surface area contributed by atoms with Crippen molar-refractivity contribution in [2.45, 2.75) is 0 Å². The minimum absolute atomic E-state index is 0.0884. The van der Waals surface area contributed by atoms with Gasteiger partial charge in [0.05, 0.1) is 17.1 Å². The van der Waals surface area contributed by atoms with Gasteiger partial charge in [-0.25, -0.2) is 0 Å². The third-order valence-electron chi connectivity index (χ3n) is 15.6. The van der Waals surface area contributed by atoms with Crippen molar-refractivity contribution in [1.29, 1.82) is 0 Å². The van der Waals surface area contributed by atoms with Crippen LogP contribution in [0.2, 0.25) is 0 Å². The molecule has 0 saturated heterocycles. The van der Waals surface area contributed by atoms with Crippen molar-refractivity contribution in [3.63, 3.8) is 0 Å². The molecule has 2 aliphatic heterocycles. The van der Waals surface area contributed by atoms with Crippen LogP contribution in [-0.4, -0.2) is 6.71 Å². The number of hydrogen-bond acceptors (Lipinski definition) is 3. The number of rotatable bonds is 7. The molecule has 0 amide bonds. The average Bonchev–Trinajstić information content (AvgIpc) is 3.48. The van der Waals surface area contributed by atoms with Crippen LogP contribution >= 0.6 is 0 Å². The first kappa shape index (κ1) is 42.1. The van der Waals surface area contributed by atoms with Crippen molar-refractivity contribution in [2.24, 2.45) is 0 Å². The number of benzene rings is 13. The lowest BCUT2D eigenvalue weighted by molar-refractivity contribution is 1.24. The second kappa shape index (κ2) is 17.0. The zero-order valence-electron chi connectivity index (χ0n) is 40.5. The highest BCUT2D eigenvalue weighted by molar-refractivity contribution is 7.01. The van der Waals surface area contributed by atoms with Gasteiger partial charge in [0.15, 0.2) is 0 Å². The van der Waals surface area contributed by atoms with Crippen LogP contribution in [0.3, 0.4) is 0 Å². The van der Waals surface area contributed by atoms with Gasteiger partial charge in [0.25, 0.3) is 6.71 Å². The van der Waals surface area contributed by atoms with Gasteiger partial charge in [-0.3, -0.25) is 0 Å². The fraction of sp³-hybridized carbons (Fsp3) is 0. The standard InChI is InChI=1S/C70H46BN3/c1-3-17-47(18-4-1)49-33-39-55(40-34-49)72(56-41-35-50(36-42-56)48-19-5-2-6-20-48)57-45-66-68-67(46-57)74(65-32-16-26-52-22-8-12-28-59(52)65)70-61-30-14-10-24-54(61)38-44-63(70)71(68)62-43-37-53-23-9-13-29-60(53)69(62)73(66)64-31-15-25-51-21-7-11-27-58(51)64/h1-46H. The predicted octanol–water partition coefficient (Wildman–Crippen LogP) is 17.2. The molecular weight excluding hydrogens is 894 g/mol. The van der Waals surface area contributed by atoms with E-state index in [2.05, 4.69) is 294 Å². The van der Waals surface area contributed by atoms with Gasteiger partial charge < -0.3 is 14.7 Å². The molecule has 0 saturated carbocycles. The predicted molar refractivity (Wildman–Crippen MR) is 316 cm³/mol. The van der Waals surface area contributed by atoms with Gasteiger partial charge in [0, 0.05) is 55.7 Å². The van der Waals surface area contributed by atoms with Gasteiger partial charge in [-0.05, 0) is 109 Å². The van der Waals surface area contributed by atoms with Crippen LogP contribution in [0.15, 0.2) is 279 Å². The van der Waals surface area contributed by atoms with E-state index in [1.54, 1.807) is 0 Å². The normalized spacial score (nSPS) is 12.5. The Morgan fingerprint density at radius 1 is 0.257 bits per heavy atom. The van der Waals surface area contributed by atoms with Crippen LogP contribution in [0, 0.1) is 0 Å². The van der Waals surface area contributed by atoms with E-state index in [1.807, 2.05) is 0 Å². The lowest BCUT2D eigenvalue weighted by Crippen LogP contribution is -2.61. The van der Waals surface area contributed by atoms with Crippen molar-refractivity contribution in [3.8, 4) is 22.3 Å². The molecule has 0 N–H and O–H groups in total. The third kappa shape index (κ3) is 6.62. The maximum Gasteiger partial charge on any atom is 0.252 e. The van der Waals surface area contributed by atoms with E-state index in [0.717, 1.165) is 39.8 Å². The molecule has 0 spiro atoms. The second-order valence-corrected chi connectivity index (χ2v) is 19.6. The van der Waals surface area contributed by atoms with E-state index in [0.29, 0.717) is 0 Å². The maximum atomic E-state index is 2.61. The Morgan fingerprint density at radius 2 is 0.608 bits per heavy atom. The quantitative estimate of drug-likeness (QED) is 0.147. The van der Waals surface area contributed by atoms with Crippen LogP contribution in [0.4, 0.5) is 51.2 Å². The van der Waals surface area contributed by atoms with E-state index < -0.39 is 0 Å². The highest BCUT2D eigenvalue weighted by Crippen LogP contribution is 2.52. The molecule has 0 unspecified atom stereocenters. The molecule has 0 radical (unpaired) electrons. The van der Waals surface area contributed by atoms with Crippen molar-refractivity contribution >= 4 is 117 Å². The first-order valence-electron chi connectivity index (χ1n) is 25.6. The van der Waals surface area contributed by atoms with E-state index in [-0.39, 0.29) is 6.71 Å². The highest BCUT2D eigenvalue weighted by Gasteiger charge is 2.45. The van der Waals surface area contributed by atoms with Crippen molar-refractivity contribution in [2.75, 3.05) is 14.7 Å². The fourth-order valence-electron chi connectivity index (χ4n) is 12.3. The lowest BCUT2D eigenvalue weighted by Gasteiger charge is -2.46. The minimum Gasteiger partial charge on any atom is -0.310 e. The lowest BCUT2D eigenvalue weighted by atomic mass is 9.33. The number of anilines is 9. The molecule has 4 heteroatoms. The maximum absolute atomic E-state index is 2.61. The van der Waals surface area contributed by atoms with Crippen molar-refractivity contribution in [1.82, 2.24) is 0 Å². The van der Waals surface area contributed by atoms with E-state index in [1.165, 1.54) is 93.1 Å². The summed E-state index contributed by atoms with van der Waals surface area (Å²) in [5, 5.41) is 9.66. The van der Waals surface area contributed by atoms with Crippen LogP contribution < -0.4 is 31.1 Å². The first-order valence-corrected chi connectivity index (χ1v) is 25.6. The Hall–Kier alpha value is -9.64. The molecule has 15 rings (SSSR count). The van der Waals surface area contributed by atoms with Gasteiger partial charge in [0.1, 0.15) is 0 Å². The molecule has 74 heavy (non-hydrogen) atoms. The van der Waals surface area contributed by atoms with E-state index >= 15 is 0 Å². The molecule has 0 bridgehead atoms. The molecule has 0 atom stereocenters. The van der Waals surface area contributed by atoms with Gasteiger partial charge in [-0.2, -0.15) is 0 Å². The van der Waals surface area contributed by atoms with Crippen LogP contribution in [0.1, 0.15) is 0 Å². The molecule has 13 aromatic rings. The van der Waals surface area contributed by atoms with Gasteiger partial charge in [-0.1, -0.05) is 231 Å². The molecule has 2 aliphatic rings. The van der Waals surface area contributed by atoms with Crippen LogP contribution in [0.5, 0.6) is 0 Å². The first-order chi connectivity index (χ1) is 36.7. The molecule has 0 fully saturated rings. The summed E-state index contributed by atoms with van der Waals surface area (Å²) in [7, 11) is 0. The Labute approximate surface area is 431 Å². The van der Waals surface area contributed by atoms with Crippen LogP contribution in [-0.2, 0) is 0 Å². The van der Waals surface area contributed by atoms with Gasteiger partial charge >= 0.3 is 0 Å². The second-order valence-electron chi connectivity index (χ2n) is 19.6. The zero-order chi connectivity index (χ0) is 48.7. The van der Waals surface area contributed by atoms with Gasteiger partial charge in [-0.15, -0.1) is 0 Å². The average molecular weight is 940 g/mol. The summed E-state index contributed by atoms with van der Waals surface area (Å²) in [4.78, 5) is 7.69. The number of hydrogen-bond donors (Lipinski definition) is 0. The summed E-state index contributed by atoms with van der Waals surface area (Å²) in [5.41, 5.74) is 18.8. The van der Waals surface area contributed by atoms with Gasteiger partial charge in [0.2, 0.25) is 0 Å². The Balaban J connectivity index is 1.09. The molecular formula is C70H46BN3. The zero-order valence-corrected chi connectivity index (χ0v) is 40.5. The number of nitrogens with zero attached hydrogens (tertiary/aromatic N) is 3. The van der Waals surface area contributed by atoms with Crippen molar-refractivity contribution in [3.05, 3.63) is 279 Å². The summed E-state index contributed by atoms with van der Waals surface area (Å²) < 4.78 is 0. The Bertz CT molecular complexity index is 4040. The molecule has 13 aromatic carbocycles. The third-order valence-corrected chi connectivity index (χ3v) is 15.6. The molecule has 344 valence electrons. The SMILES string of the molecule is c1ccc(-c2ccc(N(c3ccc(-c4ccccc4)cc3)c3cc4c5c(c3)N(c3cccc6ccccc36)c3c(ccc6ccccc36)B5c3ccc5ccccc5c3N4c3cccc4ccccc34)cc2)cc1. The van der Waals surface area contributed by atoms with Crippen LogP contribution in [0.25, 0.3) is 65.3 Å². The molecule has 2 heterocycles. The summed E-state index contributed by atoms with van der Waals surface area (Å²) >= 11 is 0. The summed E-state index contributed by atoms with van der Waals surface area (Å²) in [6.07, 6.45) is 0. The highest BCUT2D eigenvalue weighted by atomic mass is 15.2. The Morgan fingerprint density at radius 3 is 1.04 bits per heavy atom. The molecule has 3 nitrogen and oxygen atoms in total. The molecule has 0 aromatic heterocycles. The summed E-state index contributed by atoms with van der Waals surface area (Å²) in [5.74, 6) is 0. The smallest absolute Gasteiger partial charge is 0.252 e. The molecule has 0 aliphatic carbocycles. The largest absolute Gasteiger partial charge is 0.310 e. The van der Waals surface area contributed by atoms with E-state index in [4.69, 9.17) is 0 Å². The summed E-state index contributed by atoms with van der Waals surface area (Å²) in [6, 6.07) is 103. The minimum atomic E-state index is -0.0884. The topological polar surface area (TPSA) is 9.72 Å². The van der Waals surface area contributed by atoms with Crippen molar-refractivity contribution < 1.29 is 0 Å². The number of fused-ring (bicyclic) bond motifs is 10. The summed E-state index contributed by atoms with van der Waals surface area (Å²) in [6.45, 7) is -0.0884. The monoisotopic (exact) mass is 939 g/mol. The fourth-order valence-corrected chi connectivity index (χ4v) is 12.3. The Kier molecular flexibility index (Phi) is 9.67. The van der Waals surface area contributed by atoms with E-state index in [9.17, 15) is 0 Å².